The van der Waals surface area contributed by atoms with E-state index in [1.165, 1.54) is 46.9 Å². The summed E-state index contributed by atoms with van der Waals surface area (Å²) in [6.45, 7) is 0.186. The SMILES string of the molecule is N#Cc1ccc(N2C(=O)CC(N(CCC3=CCCCC3)C(=O)c3ccc(Cl)c([N+](=O)[O-])c3)C2=O)cc1. The third-order valence-corrected chi connectivity index (χ3v) is 6.78. The number of anilines is 1. The third kappa shape index (κ3) is 5.14. The van der Waals surface area contributed by atoms with Gasteiger partial charge in [-0.2, -0.15) is 5.26 Å². The third-order valence-electron chi connectivity index (χ3n) is 6.46. The zero-order valence-electron chi connectivity index (χ0n) is 19.4. The van der Waals surface area contributed by atoms with Crippen LogP contribution < -0.4 is 4.90 Å². The van der Waals surface area contributed by atoms with Gasteiger partial charge in [-0.25, -0.2) is 4.90 Å². The molecule has 0 bridgehead atoms. The molecule has 0 radical (unpaired) electrons. The molecule has 1 atom stereocenters. The lowest BCUT2D eigenvalue weighted by Crippen LogP contribution is -2.46. The summed E-state index contributed by atoms with van der Waals surface area (Å²) in [5.41, 5.74) is 1.49. The zero-order valence-corrected chi connectivity index (χ0v) is 20.1. The lowest BCUT2D eigenvalue weighted by molar-refractivity contribution is -0.384. The molecule has 1 aliphatic carbocycles. The van der Waals surface area contributed by atoms with Gasteiger partial charge in [-0.15, -0.1) is 0 Å². The molecular weight excluding hydrogens is 484 g/mol. The van der Waals surface area contributed by atoms with E-state index in [-0.39, 0.29) is 23.6 Å². The lowest BCUT2D eigenvalue weighted by atomic mass is 9.96. The number of nitro benzene ring substituents is 1. The number of imide groups is 1. The van der Waals surface area contributed by atoms with Gasteiger partial charge in [0.25, 0.3) is 17.5 Å². The highest BCUT2D eigenvalue weighted by Gasteiger charge is 2.44. The molecule has 1 fully saturated rings. The molecule has 1 unspecified atom stereocenters. The number of hydrogen-bond acceptors (Lipinski definition) is 6. The standard InChI is InChI=1S/C26H23ClN4O5/c27-21-11-8-19(14-22(21)31(35)36)25(33)29(13-12-17-4-2-1-3-5-17)23-15-24(32)30(26(23)34)20-9-6-18(16-28)7-10-20/h4,6-11,14,23H,1-3,5,12-13,15H2. The molecule has 2 aliphatic rings. The Bertz CT molecular complexity index is 1300. The quantitative estimate of drug-likeness (QED) is 0.230. The second-order valence-corrected chi connectivity index (χ2v) is 9.13. The van der Waals surface area contributed by atoms with Crippen molar-refractivity contribution < 1.29 is 19.3 Å². The largest absolute Gasteiger partial charge is 0.326 e. The molecule has 4 rings (SSSR count). The van der Waals surface area contributed by atoms with Crippen LogP contribution in [-0.4, -0.2) is 40.1 Å². The van der Waals surface area contributed by atoms with Crippen molar-refractivity contribution in [2.24, 2.45) is 0 Å². The van der Waals surface area contributed by atoms with Gasteiger partial charge in [0.05, 0.1) is 28.7 Å². The summed E-state index contributed by atoms with van der Waals surface area (Å²) >= 11 is 5.92. The van der Waals surface area contributed by atoms with Crippen LogP contribution >= 0.6 is 11.6 Å². The molecule has 0 N–H and O–H groups in total. The first-order valence-corrected chi connectivity index (χ1v) is 12.0. The normalized spacial score (nSPS) is 17.5. The van der Waals surface area contributed by atoms with Crippen molar-refractivity contribution >= 4 is 40.7 Å². The molecule has 3 amide bonds. The maximum atomic E-state index is 13.6. The lowest BCUT2D eigenvalue weighted by Gasteiger charge is -2.28. The van der Waals surface area contributed by atoms with Gasteiger partial charge in [0.1, 0.15) is 11.1 Å². The Kier molecular flexibility index (Phi) is 7.46. The fourth-order valence-corrected chi connectivity index (χ4v) is 4.75. The first-order valence-electron chi connectivity index (χ1n) is 11.6. The highest BCUT2D eigenvalue weighted by atomic mass is 35.5. The van der Waals surface area contributed by atoms with Gasteiger partial charge in [-0.3, -0.25) is 24.5 Å². The van der Waals surface area contributed by atoms with E-state index in [0.29, 0.717) is 17.7 Å². The molecule has 0 saturated carbocycles. The molecule has 1 saturated heterocycles. The fraction of sp³-hybridized carbons (Fsp3) is 0.308. The van der Waals surface area contributed by atoms with Crippen molar-refractivity contribution in [1.29, 1.82) is 5.26 Å². The van der Waals surface area contributed by atoms with E-state index in [1.807, 2.05) is 6.07 Å². The number of halogens is 1. The Hall–Kier alpha value is -4.03. The molecule has 36 heavy (non-hydrogen) atoms. The van der Waals surface area contributed by atoms with Crippen molar-refractivity contribution in [3.05, 3.63) is 80.4 Å². The van der Waals surface area contributed by atoms with Crippen LogP contribution in [0.15, 0.2) is 54.1 Å². The monoisotopic (exact) mass is 506 g/mol. The van der Waals surface area contributed by atoms with Gasteiger partial charge in [-0.1, -0.05) is 23.3 Å². The number of allylic oxidation sites excluding steroid dienone is 1. The molecule has 0 spiro atoms. The van der Waals surface area contributed by atoms with Crippen LogP contribution in [0, 0.1) is 21.4 Å². The van der Waals surface area contributed by atoms with Crippen LogP contribution in [-0.2, 0) is 9.59 Å². The van der Waals surface area contributed by atoms with Crippen molar-refractivity contribution in [3.8, 4) is 6.07 Å². The van der Waals surface area contributed by atoms with Gasteiger partial charge in [0.15, 0.2) is 0 Å². The molecule has 9 nitrogen and oxygen atoms in total. The second kappa shape index (κ2) is 10.7. The summed E-state index contributed by atoms with van der Waals surface area (Å²) in [5.74, 6) is -1.61. The smallest absolute Gasteiger partial charge is 0.288 e. The Morgan fingerprint density at radius 1 is 1.19 bits per heavy atom. The predicted octanol–water partition coefficient (Wildman–Crippen LogP) is 4.78. The average Bonchev–Trinajstić information content (AvgIpc) is 3.18. The Balaban J connectivity index is 1.65. The molecule has 10 heteroatoms. The van der Waals surface area contributed by atoms with E-state index in [0.717, 1.165) is 36.6 Å². The Morgan fingerprint density at radius 2 is 1.94 bits per heavy atom. The van der Waals surface area contributed by atoms with Gasteiger partial charge in [0.2, 0.25) is 5.91 Å². The summed E-state index contributed by atoms with van der Waals surface area (Å²) in [5, 5.41) is 20.3. The minimum absolute atomic E-state index is 0.0146. The number of carbonyl (C=O) groups excluding carboxylic acids is 3. The van der Waals surface area contributed by atoms with Crippen LogP contribution in [0.3, 0.4) is 0 Å². The topological polar surface area (TPSA) is 125 Å². The van der Waals surface area contributed by atoms with E-state index >= 15 is 0 Å². The van der Waals surface area contributed by atoms with Crippen molar-refractivity contribution in [3.63, 3.8) is 0 Å². The molecule has 2 aromatic rings. The van der Waals surface area contributed by atoms with Crippen molar-refractivity contribution in [2.75, 3.05) is 11.4 Å². The number of benzene rings is 2. The van der Waals surface area contributed by atoms with Crippen LogP contribution in [0.25, 0.3) is 0 Å². The van der Waals surface area contributed by atoms with E-state index < -0.39 is 34.4 Å². The summed E-state index contributed by atoms with van der Waals surface area (Å²) in [7, 11) is 0. The van der Waals surface area contributed by atoms with Crippen LogP contribution in [0.4, 0.5) is 11.4 Å². The van der Waals surface area contributed by atoms with E-state index in [1.54, 1.807) is 0 Å². The van der Waals surface area contributed by atoms with Gasteiger partial charge >= 0.3 is 0 Å². The fourth-order valence-electron chi connectivity index (χ4n) is 4.56. The number of carbonyl (C=O) groups is 3. The summed E-state index contributed by atoms with van der Waals surface area (Å²) in [6.07, 6.45) is 6.50. The first kappa shape index (κ1) is 25.1. The number of rotatable bonds is 7. The highest BCUT2D eigenvalue weighted by Crippen LogP contribution is 2.30. The molecule has 0 aromatic heterocycles. The summed E-state index contributed by atoms with van der Waals surface area (Å²) < 4.78 is 0. The van der Waals surface area contributed by atoms with Gasteiger partial charge in [0, 0.05) is 18.2 Å². The Labute approximate surface area is 212 Å². The summed E-state index contributed by atoms with van der Waals surface area (Å²) in [6, 6.07) is 10.7. The highest BCUT2D eigenvalue weighted by molar-refractivity contribution is 6.32. The first-order chi connectivity index (χ1) is 17.3. The number of hydrogen-bond donors (Lipinski definition) is 0. The average molecular weight is 507 g/mol. The van der Waals surface area contributed by atoms with E-state index in [9.17, 15) is 24.5 Å². The number of amides is 3. The van der Waals surface area contributed by atoms with Crippen molar-refractivity contribution in [1.82, 2.24) is 4.90 Å². The molecule has 184 valence electrons. The zero-order chi connectivity index (χ0) is 25.8. The maximum absolute atomic E-state index is 13.6. The minimum Gasteiger partial charge on any atom is -0.326 e. The second-order valence-electron chi connectivity index (χ2n) is 8.73. The van der Waals surface area contributed by atoms with Crippen LogP contribution in [0.5, 0.6) is 0 Å². The molecule has 1 aliphatic heterocycles. The van der Waals surface area contributed by atoms with Crippen LogP contribution in [0.2, 0.25) is 5.02 Å². The van der Waals surface area contributed by atoms with E-state index in [2.05, 4.69) is 6.08 Å². The number of nitro groups is 1. The molecule has 1 heterocycles. The minimum atomic E-state index is -1.06. The van der Waals surface area contributed by atoms with E-state index in [4.69, 9.17) is 16.9 Å². The molecule has 2 aromatic carbocycles. The number of nitrogens with zero attached hydrogens (tertiary/aromatic N) is 4. The Morgan fingerprint density at radius 3 is 2.58 bits per heavy atom. The van der Waals surface area contributed by atoms with Gasteiger partial charge in [-0.05, 0) is 68.5 Å². The summed E-state index contributed by atoms with van der Waals surface area (Å²) in [4.78, 5) is 53.0. The number of nitriles is 1. The van der Waals surface area contributed by atoms with Crippen molar-refractivity contribution in [2.45, 2.75) is 44.6 Å². The predicted molar refractivity (Wildman–Crippen MR) is 132 cm³/mol. The van der Waals surface area contributed by atoms with Gasteiger partial charge < -0.3 is 4.90 Å². The van der Waals surface area contributed by atoms with Crippen LogP contribution in [0.1, 0.15) is 54.4 Å². The maximum Gasteiger partial charge on any atom is 0.288 e. The molecular formula is C26H23ClN4O5.